The van der Waals surface area contributed by atoms with E-state index >= 15 is 0 Å². The first-order valence-electron chi connectivity index (χ1n) is 7.64. The molecule has 0 spiro atoms. The number of hydrogen-bond acceptors (Lipinski definition) is 6. The number of carbonyl (C=O) groups excluding carboxylic acids is 2. The number of aliphatic carboxylic acids is 1. The van der Waals surface area contributed by atoms with Crippen molar-refractivity contribution in [3.63, 3.8) is 0 Å². The van der Waals surface area contributed by atoms with Gasteiger partial charge in [-0.3, -0.25) is 9.69 Å². The number of carboxylic acids is 1. The minimum atomic E-state index is -1.33. The van der Waals surface area contributed by atoms with Crippen molar-refractivity contribution in [3.05, 3.63) is 34.7 Å². The second kappa shape index (κ2) is 8.30. The molecular formula is C17H18NO4S2-. The Balaban J connectivity index is 2.10. The summed E-state index contributed by atoms with van der Waals surface area (Å²) in [5.41, 5.74) is 0.819. The first-order valence-corrected chi connectivity index (χ1v) is 8.87. The average Bonchev–Trinajstić information content (AvgIpc) is 2.82. The maximum Gasteiger partial charge on any atom is 0.266 e. The van der Waals surface area contributed by atoms with Crippen molar-refractivity contribution in [2.75, 3.05) is 6.61 Å². The van der Waals surface area contributed by atoms with Crippen LogP contribution in [0.15, 0.2) is 29.2 Å². The zero-order chi connectivity index (χ0) is 17.7. The number of ether oxygens (including phenoxy) is 1. The third-order valence-corrected chi connectivity index (χ3v) is 4.83. The van der Waals surface area contributed by atoms with Crippen LogP contribution >= 0.6 is 24.0 Å². The van der Waals surface area contributed by atoms with Gasteiger partial charge in [-0.1, -0.05) is 49.5 Å². The topological polar surface area (TPSA) is 69.7 Å². The number of rotatable bonds is 7. The summed E-state index contributed by atoms with van der Waals surface area (Å²) in [7, 11) is 0. The number of thioether (sulfide) groups is 1. The first-order chi connectivity index (χ1) is 11.4. The van der Waals surface area contributed by atoms with Gasteiger partial charge in [0.15, 0.2) is 0 Å². The van der Waals surface area contributed by atoms with Crippen LogP contribution in [0.4, 0.5) is 0 Å². The number of carbonyl (C=O) groups is 2. The fraction of sp³-hybridized carbons (Fsp3) is 0.353. The molecule has 0 bridgehead atoms. The van der Waals surface area contributed by atoms with Crippen molar-refractivity contribution in [3.8, 4) is 5.75 Å². The maximum absolute atomic E-state index is 12.3. The van der Waals surface area contributed by atoms with Crippen molar-refractivity contribution in [1.82, 2.24) is 4.90 Å². The summed E-state index contributed by atoms with van der Waals surface area (Å²) in [6.45, 7) is 4.16. The van der Waals surface area contributed by atoms with E-state index in [2.05, 4.69) is 6.92 Å². The van der Waals surface area contributed by atoms with Gasteiger partial charge in [0.25, 0.3) is 5.91 Å². The number of nitrogens with zero attached hydrogens (tertiary/aromatic N) is 1. The molecule has 1 aromatic rings. The molecule has 5 nitrogen and oxygen atoms in total. The number of hydrogen-bond donors (Lipinski definition) is 0. The number of carboxylic acid groups (broad SMARTS) is 1. The van der Waals surface area contributed by atoms with Crippen LogP contribution in [0.2, 0.25) is 0 Å². The molecule has 0 unspecified atom stereocenters. The zero-order valence-electron chi connectivity index (χ0n) is 13.5. The summed E-state index contributed by atoms with van der Waals surface area (Å²) >= 11 is 6.19. The molecule has 1 saturated heterocycles. The summed E-state index contributed by atoms with van der Waals surface area (Å²) in [4.78, 5) is 24.8. The van der Waals surface area contributed by atoms with Crippen LogP contribution in [-0.2, 0) is 9.59 Å². The Morgan fingerprint density at radius 3 is 2.67 bits per heavy atom. The second-order valence-electron chi connectivity index (χ2n) is 5.32. The molecule has 1 amide bonds. The van der Waals surface area contributed by atoms with Gasteiger partial charge in [-0.2, -0.15) is 0 Å². The van der Waals surface area contributed by atoms with Crippen LogP contribution in [-0.4, -0.2) is 33.7 Å². The van der Waals surface area contributed by atoms with Crippen molar-refractivity contribution in [1.29, 1.82) is 0 Å². The third-order valence-electron chi connectivity index (χ3n) is 3.50. The van der Waals surface area contributed by atoms with Gasteiger partial charge in [0, 0.05) is 0 Å². The molecule has 1 fully saturated rings. The van der Waals surface area contributed by atoms with E-state index in [0.717, 1.165) is 40.8 Å². The predicted octanol–water partition coefficient (Wildman–Crippen LogP) is 2.21. The molecule has 1 aromatic carbocycles. The smallest absolute Gasteiger partial charge is 0.266 e. The number of benzene rings is 1. The largest absolute Gasteiger partial charge is 0.548 e. The molecule has 1 heterocycles. The van der Waals surface area contributed by atoms with Crippen LogP contribution in [0.5, 0.6) is 5.75 Å². The molecule has 7 heteroatoms. The maximum atomic E-state index is 12.3. The third kappa shape index (κ3) is 4.36. The van der Waals surface area contributed by atoms with Crippen LogP contribution in [0.1, 0.15) is 32.3 Å². The highest BCUT2D eigenvalue weighted by Crippen LogP contribution is 2.34. The average molecular weight is 364 g/mol. The second-order valence-corrected chi connectivity index (χ2v) is 6.99. The van der Waals surface area contributed by atoms with Gasteiger partial charge in [-0.15, -0.1) is 0 Å². The molecule has 1 atom stereocenters. The standard InChI is InChI=1S/C17H19NO4S2/c1-3-4-9-22-13-7-5-12(6-8-13)10-14-15(19)18(17(23)24-14)11(2)16(20)21/h5-8,10-11H,3-4,9H2,1-2H3,(H,20,21)/p-1/b14-10-/t11-/m0/s1. The fourth-order valence-corrected chi connectivity index (χ4v) is 3.48. The van der Waals surface area contributed by atoms with Gasteiger partial charge < -0.3 is 14.6 Å². The summed E-state index contributed by atoms with van der Waals surface area (Å²) in [6, 6.07) is 6.28. The molecule has 2 rings (SSSR count). The lowest BCUT2D eigenvalue weighted by Crippen LogP contribution is -2.48. The van der Waals surface area contributed by atoms with Crippen LogP contribution in [0, 0.1) is 0 Å². The minimum Gasteiger partial charge on any atom is -0.548 e. The predicted molar refractivity (Wildman–Crippen MR) is 96.3 cm³/mol. The van der Waals surface area contributed by atoms with Gasteiger partial charge >= 0.3 is 0 Å². The van der Waals surface area contributed by atoms with E-state index < -0.39 is 17.9 Å². The highest BCUT2D eigenvalue weighted by atomic mass is 32.2. The lowest BCUT2D eigenvalue weighted by atomic mass is 10.2. The van der Waals surface area contributed by atoms with Crippen molar-refractivity contribution in [2.45, 2.75) is 32.7 Å². The normalized spacial score (nSPS) is 17.4. The van der Waals surface area contributed by atoms with E-state index in [1.807, 2.05) is 24.3 Å². The molecule has 0 saturated carbocycles. The summed E-state index contributed by atoms with van der Waals surface area (Å²) in [5, 5.41) is 11.0. The van der Waals surface area contributed by atoms with Crippen molar-refractivity contribution in [2.24, 2.45) is 0 Å². The van der Waals surface area contributed by atoms with E-state index in [1.54, 1.807) is 6.08 Å². The van der Waals surface area contributed by atoms with Gasteiger partial charge in [0.2, 0.25) is 0 Å². The van der Waals surface area contributed by atoms with Crippen molar-refractivity contribution < 1.29 is 19.4 Å². The molecule has 0 radical (unpaired) electrons. The van der Waals surface area contributed by atoms with Crippen LogP contribution in [0.25, 0.3) is 6.08 Å². The first kappa shape index (κ1) is 18.5. The Kier molecular flexibility index (Phi) is 6.39. The van der Waals surface area contributed by atoms with Gasteiger partial charge in [0.1, 0.15) is 10.1 Å². The van der Waals surface area contributed by atoms with Gasteiger partial charge in [-0.05, 0) is 37.1 Å². The highest BCUT2D eigenvalue weighted by Gasteiger charge is 2.35. The molecular weight excluding hydrogens is 346 g/mol. The summed E-state index contributed by atoms with van der Waals surface area (Å²) in [6.07, 6.45) is 3.77. The van der Waals surface area contributed by atoms with Crippen molar-refractivity contribution >= 4 is 46.3 Å². The number of thiocarbonyl (C=S) groups is 1. The Morgan fingerprint density at radius 2 is 2.08 bits per heavy atom. The highest BCUT2D eigenvalue weighted by molar-refractivity contribution is 8.26. The lowest BCUT2D eigenvalue weighted by molar-refractivity contribution is -0.309. The summed E-state index contributed by atoms with van der Waals surface area (Å²) in [5.74, 6) is -0.968. The van der Waals surface area contributed by atoms with Gasteiger partial charge in [0.05, 0.1) is 23.5 Å². The van der Waals surface area contributed by atoms with E-state index in [9.17, 15) is 14.7 Å². The van der Waals surface area contributed by atoms with E-state index in [-0.39, 0.29) is 4.32 Å². The monoisotopic (exact) mass is 364 g/mol. The van der Waals surface area contributed by atoms with E-state index in [1.165, 1.54) is 6.92 Å². The SMILES string of the molecule is CCCCOc1ccc(/C=C2\SC(=S)N([C@@H](C)C(=O)[O-])C2=O)cc1. The molecule has 24 heavy (non-hydrogen) atoms. The number of amides is 1. The molecule has 128 valence electrons. The van der Waals surface area contributed by atoms with Crippen LogP contribution in [0.3, 0.4) is 0 Å². The Labute approximate surface area is 150 Å². The van der Waals surface area contributed by atoms with Crippen LogP contribution < -0.4 is 9.84 Å². The molecule has 0 aromatic heterocycles. The molecule has 0 aliphatic carbocycles. The van der Waals surface area contributed by atoms with E-state index in [4.69, 9.17) is 17.0 Å². The fourth-order valence-electron chi connectivity index (χ4n) is 2.07. The Morgan fingerprint density at radius 1 is 1.42 bits per heavy atom. The molecule has 1 aliphatic heterocycles. The molecule has 1 aliphatic rings. The molecule has 0 N–H and O–H groups in total. The quantitative estimate of drug-likeness (QED) is 0.420. The summed E-state index contributed by atoms with van der Waals surface area (Å²) < 4.78 is 5.81. The van der Waals surface area contributed by atoms with Gasteiger partial charge in [-0.25, -0.2) is 0 Å². The Hall–Kier alpha value is -1.86. The van der Waals surface area contributed by atoms with E-state index in [0.29, 0.717) is 11.5 Å². The Bertz CT molecular complexity index is 670. The minimum absolute atomic E-state index is 0.225. The zero-order valence-corrected chi connectivity index (χ0v) is 15.1. The lowest BCUT2D eigenvalue weighted by Gasteiger charge is -2.23. The number of unbranched alkanes of at least 4 members (excludes halogenated alkanes) is 1.